The number of anilines is 1. The molecule has 0 bridgehead atoms. The third-order valence-electron chi connectivity index (χ3n) is 3.70. The van der Waals surface area contributed by atoms with Crippen LogP contribution in [0.1, 0.15) is 5.56 Å². The maximum absolute atomic E-state index is 11.8. The molecule has 0 unspecified atom stereocenters. The van der Waals surface area contributed by atoms with Gasteiger partial charge in [-0.05, 0) is 29.8 Å². The van der Waals surface area contributed by atoms with Gasteiger partial charge in [0.1, 0.15) is 0 Å². The summed E-state index contributed by atoms with van der Waals surface area (Å²) in [5.74, 6) is 0.104. The molecule has 0 fully saturated rings. The lowest BCUT2D eigenvalue weighted by molar-refractivity contribution is 0.601. The van der Waals surface area contributed by atoms with Crippen LogP contribution in [0, 0.1) is 0 Å². The predicted molar refractivity (Wildman–Crippen MR) is 90.8 cm³/mol. The zero-order valence-corrected chi connectivity index (χ0v) is 13.5. The third-order valence-corrected chi connectivity index (χ3v) is 5.44. The molecule has 22 heavy (non-hydrogen) atoms. The minimum atomic E-state index is -3.11. The average Bonchev–Trinajstić information content (AvgIpc) is 2.87. The number of hydrogen-bond acceptors (Lipinski definition) is 3. The fourth-order valence-electron chi connectivity index (χ4n) is 2.58. The molecule has 0 aliphatic carbocycles. The number of para-hydroxylation sites is 1. The van der Waals surface area contributed by atoms with Crippen LogP contribution in [0.4, 0.5) is 5.69 Å². The maximum Gasteiger partial charge on any atom is 0.173 e. The van der Waals surface area contributed by atoms with E-state index >= 15 is 0 Å². The lowest BCUT2D eigenvalue weighted by Gasteiger charge is -2.30. The molecule has 2 aromatic rings. The van der Waals surface area contributed by atoms with E-state index < -0.39 is 9.84 Å². The molecule has 0 radical (unpaired) electrons. The van der Waals surface area contributed by atoms with E-state index in [2.05, 4.69) is 4.90 Å². The highest BCUT2D eigenvalue weighted by molar-refractivity contribution is 7.94. The van der Waals surface area contributed by atoms with Crippen LogP contribution in [0.15, 0.2) is 66.1 Å². The van der Waals surface area contributed by atoms with Crippen molar-refractivity contribution in [1.82, 2.24) is 0 Å². The second-order valence-corrected chi connectivity index (χ2v) is 7.62. The van der Waals surface area contributed by atoms with Crippen molar-refractivity contribution in [3.63, 3.8) is 0 Å². The first kappa shape index (κ1) is 15.1. The highest BCUT2D eigenvalue weighted by Crippen LogP contribution is 2.26. The molecule has 1 aliphatic rings. The number of sulfone groups is 1. The molecule has 0 N–H and O–H groups in total. The Bertz CT molecular complexity index is 787. The maximum atomic E-state index is 11.8. The van der Waals surface area contributed by atoms with E-state index in [1.54, 1.807) is 6.08 Å². The third kappa shape index (κ3) is 3.34. The molecule has 0 spiro atoms. The Morgan fingerprint density at radius 3 is 2.36 bits per heavy atom. The van der Waals surface area contributed by atoms with E-state index in [1.165, 1.54) is 5.41 Å². The van der Waals surface area contributed by atoms with Crippen molar-refractivity contribution in [3.05, 3.63) is 76.7 Å². The van der Waals surface area contributed by atoms with E-state index in [0.29, 0.717) is 11.6 Å². The monoisotopic (exact) mass is 333 g/mol. The Balaban J connectivity index is 1.94. The molecular weight excluding hydrogens is 318 g/mol. The number of hydrogen-bond donors (Lipinski definition) is 0. The van der Waals surface area contributed by atoms with E-state index in [1.807, 2.05) is 54.6 Å². The molecule has 0 aromatic heterocycles. The van der Waals surface area contributed by atoms with Crippen LogP contribution in [-0.2, 0) is 16.4 Å². The molecule has 3 rings (SSSR count). The zero-order valence-electron chi connectivity index (χ0n) is 11.9. The normalized spacial score (nSPS) is 19.2. The largest absolute Gasteiger partial charge is 0.360 e. The van der Waals surface area contributed by atoms with Crippen molar-refractivity contribution < 1.29 is 8.42 Å². The topological polar surface area (TPSA) is 37.4 Å². The van der Waals surface area contributed by atoms with Gasteiger partial charge in [0.25, 0.3) is 0 Å². The summed E-state index contributed by atoms with van der Waals surface area (Å²) in [6, 6.07) is 17.3. The number of rotatable bonds is 4. The van der Waals surface area contributed by atoms with Crippen molar-refractivity contribution in [1.29, 1.82) is 0 Å². The van der Waals surface area contributed by atoms with Crippen LogP contribution in [0.2, 0.25) is 5.02 Å². The van der Waals surface area contributed by atoms with Crippen molar-refractivity contribution in [2.24, 2.45) is 0 Å². The molecule has 2 aromatic carbocycles. The SMILES string of the molecule is O=S1(=O)C=C[C@@H](N(Cc2ccccc2Cl)c2ccccc2)C1. The molecule has 1 aliphatic heterocycles. The van der Waals surface area contributed by atoms with Gasteiger partial charge in [-0.15, -0.1) is 0 Å². The Kier molecular flexibility index (Phi) is 4.23. The van der Waals surface area contributed by atoms with Gasteiger partial charge < -0.3 is 4.90 Å². The summed E-state index contributed by atoms with van der Waals surface area (Å²) in [5.41, 5.74) is 1.96. The summed E-state index contributed by atoms with van der Waals surface area (Å²) in [6.07, 6.45) is 1.75. The molecule has 5 heteroatoms. The molecular formula is C17H16ClNO2S. The van der Waals surface area contributed by atoms with E-state index in [0.717, 1.165) is 11.3 Å². The van der Waals surface area contributed by atoms with Gasteiger partial charge in [-0.1, -0.05) is 48.0 Å². The summed E-state index contributed by atoms with van der Waals surface area (Å²) < 4.78 is 23.5. The van der Waals surface area contributed by atoms with Crippen molar-refractivity contribution in [2.75, 3.05) is 10.7 Å². The summed E-state index contributed by atoms with van der Waals surface area (Å²) in [6.45, 7) is 0.564. The van der Waals surface area contributed by atoms with Crippen LogP contribution in [-0.4, -0.2) is 20.2 Å². The Morgan fingerprint density at radius 2 is 1.73 bits per heavy atom. The first-order chi connectivity index (χ1) is 10.6. The highest BCUT2D eigenvalue weighted by Gasteiger charge is 2.27. The Hall–Kier alpha value is -1.78. The second-order valence-electron chi connectivity index (χ2n) is 5.28. The zero-order chi connectivity index (χ0) is 15.6. The number of nitrogens with zero attached hydrogens (tertiary/aromatic N) is 1. The van der Waals surface area contributed by atoms with Gasteiger partial charge in [0.15, 0.2) is 9.84 Å². The van der Waals surface area contributed by atoms with Gasteiger partial charge in [0.2, 0.25) is 0 Å². The van der Waals surface area contributed by atoms with E-state index in [9.17, 15) is 8.42 Å². The molecule has 0 saturated carbocycles. The molecule has 3 nitrogen and oxygen atoms in total. The summed E-state index contributed by atoms with van der Waals surface area (Å²) in [7, 11) is -3.11. The standard InChI is InChI=1S/C17H16ClNO2S/c18-17-9-5-4-6-14(17)12-19(15-7-2-1-3-8-15)16-10-11-22(20,21)13-16/h1-11,16H,12-13H2/t16-/m1/s1. The first-order valence-corrected chi connectivity index (χ1v) is 9.10. The predicted octanol–water partition coefficient (Wildman–Crippen LogP) is 3.66. The van der Waals surface area contributed by atoms with Gasteiger partial charge in [-0.3, -0.25) is 0 Å². The Labute approximate surface area is 135 Å². The first-order valence-electron chi connectivity index (χ1n) is 7.01. The lowest BCUT2D eigenvalue weighted by Crippen LogP contribution is -2.35. The fourth-order valence-corrected chi connectivity index (χ4v) is 4.08. The quantitative estimate of drug-likeness (QED) is 0.857. The lowest BCUT2D eigenvalue weighted by atomic mass is 10.1. The van der Waals surface area contributed by atoms with Gasteiger partial charge >= 0.3 is 0 Å². The van der Waals surface area contributed by atoms with Gasteiger partial charge in [0, 0.05) is 22.7 Å². The molecule has 1 heterocycles. The second kappa shape index (κ2) is 6.15. The molecule has 114 valence electrons. The summed E-state index contributed by atoms with van der Waals surface area (Å²) >= 11 is 6.26. The van der Waals surface area contributed by atoms with Crippen LogP contribution < -0.4 is 4.90 Å². The van der Waals surface area contributed by atoms with Crippen LogP contribution in [0.5, 0.6) is 0 Å². The average molecular weight is 334 g/mol. The van der Waals surface area contributed by atoms with Crippen molar-refractivity contribution in [3.8, 4) is 0 Å². The van der Waals surface area contributed by atoms with E-state index in [4.69, 9.17) is 11.6 Å². The molecule has 0 amide bonds. The summed E-state index contributed by atoms with van der Waals surface area (Å²) in [5, 5.41) is 1.99. The Morgan fingerprint density at radius 1 is 1.05 bits per heavy atom. The van der Waals surface area contributed by atoms with Crippen LogP contribution >= 0.6 is 11.6 Å². The van der Waals surface area contributed by atoms with Crippen molar-refractivity contribution >= 4 is 27.1 Å². The molecule has 0 saturated heterocycles. The smallest absolute Gasteiger partial charge is 0.173 e. The van der Waals surface area contributed by atoms with Crippen molar-refractivity contribution in [2.45, 2.75) is 12.6 Å². The minimum Gasteiger partial charge on any atom is -0.360 e. The van der Waals surface area contributed by atoms with Gasteiger partial charge in [-0.2, -0.15) is 0 Å². The number of halogens is 1. The van der Waals surface area contributed by atoms with Crippen LogP contribution in [0.25, 0.3) is 0 Å². The summed E-state index contributed by atoms with van der Waals surface area (Å²) in [4.78, 5) is 2.07. The van der Waals surface area contributed by atoms with Crippen LogP contribution in [0.3, 0.4) is 0 Å². The fraction of sp³-hybridized carbons (Fsp3) is 0.176. The minimum absolute atomic E-state index is 0.104. The van der Waals surface area contributed by atoms with Gasteiger partial charge in [-0.25, -0.2) is 8.42 Å². The molecule has 1 atom stereocenters. The van der Waals surface area contributed by atoms with E-state index in [-0.39, 0.29) is 11.8 Å². The highest BCUT2D eigenvalue weighted by atomic mass is 35.5. The van der Waals surface area contributed by atoms with Gasteiger partial charge in [0.05, 0.1) is 11.8 Å². The number of benzene rings is 2.